The van der Waals surface area contributed by atoms with Crippen molar-refractivity contribution in [3.63, 3.8) is 0 Å². The molecular weight excluding hydrogens is 356 g/mol. The number of sulfonamides is 1. The van der Waals surface area contributed by atoms with Crippen LogP contribution in [0.5, 0.6) is 0 Å². The van der Waals surface area contributed by atoms with Crippen molar-refractivity contribution in [1.82, 2.24) is 14.7 Å². The van der Waals surface area contributed by atoms with Crippen molar-refractivity contribution in [2.75, 3.05) is 0 Å². The van der Waals surface area contributed by atoms with E-state index < -0.39 is 32.6 Å². The molecule has 0 aliphatic heterocycles. The van der Waals surface area contributed by atoms with Crippen molar-refractivity contribution in [2.24, 2.45) is 0 Å². The minimum Gasteiger partial charge on any atom is -0.347 e. The Morgan fingerprint density at radius 1 is 1.40 bits per heavy atom. The first-order chi connectivity index (χ1) is 9.31. The van der Waals surface area contributed by atoms with E-state index in [2.05, 4.69) is 30.6 Å². The molecule has 1 unspecified atom stereocenters. The zero-order valence-corrected chi connectivity index (χ0v) is 12.6. The average molecular weight is 366 g/mol. The van der Waals surface area contributed by atoms with E-state index in [1.807, 2.05) is 0 Å². The second-order valence-corrected chi connectivity index (χ2v) is 6.52. The van der Waals surface area contributed by atoms with Crippen molar-refractivity contribution in [1.29, 1.82) is 0 Å². The molecule has 0 saturated heterocycles. The van der Waals surface area contributed by atoms with E-state index in [0.717, 1.165) is 6.07 Å². The lowest BCUT2D eigenvalue weighted by atomic mass is 10.3. The molecule has 0 aliphatic carbocycles. The number of imidazole rings is 1. The number of hydrogen-bond acceptors (Lipinski definition) is 3. The number of aromatic amines is 1. The van der Waals surface area contributed by atoms with Crippen LogP contribution >= 0.6 is 15.9 Å². The fourth-order valence-corrected chi connectivity index (χ4v) is 4.02. The maximum Gasteiger partial charge on any atom is 0.245 e. The Morgan fingerprint density at radius 3 is 2.65 bits per heavy atom. The maximum absolute atomic E-state index is 13.7. The molecule has 1 atom stereocenters. The summed E-state index contributed by atoms with van der Waals surface area (Å²) in [5.41, 5.74) is 0. The van der Waals surface area contributed by atoms with Crippen molar-refractivity contribution < 1.29 is 17.2 Å². The summed E-state index contributed by atoms with van der Waals surface area (Å²) in [5, 5.41) is 0. The lowest BCUT2D eigenvalue weighted by Crippen LogP contribution is -2.28. The molecular formula is C11H10BrF2N3O2S. The first kappa shape index (κ1) is 15.1. The van der Waals surface area contributed by atoms with Crippen LogP contribution in [0.3, 0.4) is 0 Å². The van der Waals surface area contributed by atoms with Crippen molar-refractivity contribution in [3.05, 3.63) is 46.5 Å². The molecule has 20 heavy (non-hydrogen) atoms. The highest BCUT2D eigenvalue weighted by Gasteiger charge is 2.26. The summed E-state index contributed by atoms with van der Waals surface area (Å²) >= 11 is 2.85. The van der Waals surface area contributed by atoms with Gasteiger partial charge in [0.1, 0.15) is 22.4 Å². The molecule has 5 nitrogen and oxygen atoms in total. The SMILES string of the molecule is CC(NS(=O)(=O)c1c(F)cc(F)cc1Br)c1ncc[nH]1. The Morgan fingerprint density at radius 2 is 2.10 bits per heavy atom. The molecule has 0 saturated carbocycles. The van der Waals surface area contributed by atoms with Gasteiger partial charge in [-0.15, -0.1) is 0 Å². The van der Waals surface area contributed by atoms with E-state index >= 15 is 0 Å². The molecule has 2 rings (SSSR count). The molecule has 2 aromatic rings. The molecule has 108 valence electrons. The minimum absolute atomic E-state index is 0.186. The topological polar surface area (TPSA) is 74.8 Å². The van der Waals surface area contributed by atoms with Gasteiger partial charge >= 0.3 is 0 Å². The van der Waals surface area contributed by atoms with Gasteiger partial charge in [0, 0.05) is 22.9 Å². The van der Waals surface area contributed by atoms with Crippen LogP contribution in [0, 0.1) is 11.6 Å². The quantitative estimate of drug-likeness (QED) is 0.873. The molecule has 0 amide bonds. The van der Waals surface area contributed by atoms with Crippen molar-refractivity contribution >= 4 is 26.0 Å². The fraction of sp³-hybridized carbons (Fsp3) is 0.182. The summed E-state index contributed by atoms with van der Waals surface area (Å²) in [6.07, 6.45) is 3.00. The maximum atomic E-state index is 13.7. The zero-order chi connectivity index (χ0) is 14.9. The molecule has 1 heterocycles. The third-order valence-electron chi connectivity index (χ3n) is 2.49. The van der Waals surface area contributed by atoms with Gasteiger partial charge in [-0.25, -0.2) is 26.9 Å². The van der Waals surface area contributed by atoms with E-state index in [4.69, 9.17) is 0 Å². The Bertz CT molecular complexity index is 696. The molecule has 0 fully saturated rings. The highest BCUT2D eigenvalue weighted by Crippen LogP contribution is 2.27. The smallest absolute Gasteiger partial charge is 0.245 e. The number of benzene rings is 1. The summed E-state index contributed by atoms with van der Waals surface area (Å²) in [6.45, 7) is 1.55. The van der Waals surface area contributed by atoms with Crippen LogP contribution in [-0.4, -0.2) is 18.4 Å². The summed E-state index contributed by atoms with van der Waals surface area (Å²) < 4.78 is 53.0. The highest BCUT2D eigenvalue weighted by atomic mass is 79.9. The normalized spacial score (nSPS) is 13.4. The second kappa shape index (κ2) is 5.58. The van der Waals surface area contributed by atoms with Crippen LogP contribution < -0.4 is 4.72 Å². The second-order valence-electron chi connectivity index (χ2n) is 4.02. The molecule has 0 radical (unpaired) electrons. The van der Waals surface area contributed by atoms with Gasteiger partial charge in [0.25, 0.3) is 0 Å². The molecule has 0 aliphatic rings. The van der Waals surface area contributed by atoms with Crippen LogP contribution in [0.25, 0.3) is 0 Å². The molecule has 1 aromatic carbocycles. The lowest BCUT2D eigenvalue weighted by molar-refractivity contribution is 0.532. The Hall–Kier alpha value is -1.32. The summed E-state index contributed by atoms with van der Waals surface area (Å²) in [6, 6.07) is 0.706. The van der Waals surface area contributed by atoms with Gasteiger partial charge in [0.15, 0.2) is 0 Å². The van der Waals surface area contributed by atoms with Crippen LogP contribution in [0.1, 0.15) is 18.8 Å². The van der Waals surface area contributed by atoms with Gasteiger partial charge < -0.3 is 4.98 Å². The Labute approximate surface area is 122 Å². The number of nitrogens with one attached hydrogen (secondary N) is 2. The van der Waals surface area contributed by atoms with Crippen LogP contribution in [0.15, 0.2) is 33.9 Å². The predicted molar refractivity (Wildman–Crippen MR) is 71.4 cm³/mol. The van der Waals surface area contributed by atoms with Gasteiger partial charge in [0.05, 0.1) is 6.04 Å². The molecule has 0 spiro atoms. The van der Waals surface area contributed by atoms with E-state index in [1.165, 1.54) is 12.4 Å². The number of rotatable bonds is 4. The minimum atomic E-state index is -4.16. The van der Waals surface area contributed by atoms with Gasteiger partial charge in [0.2, 0.25) is 10.0 Å². The first-order valence-electron chi connectivity index (χ1n) is 5.47. The van der Waals surface area contributed by atoms with E-state index in [9.17, 15) is 17.2 Å². The van der Waals surface area contributed by atoms with Gasteiger partial charge in [-0.3, -0.25) is 0 Å². The van der Waals surface area contributed by atoms with Crippen LogP contribution in [0.2, 0.25) is 0 Å². The zero-order valence-electron chi connectivity index (χ0n) is 10.2. The largest absolute Gasteiger partial charge is 0.347 e. The highest BCUT2D eigenvalue weighted by molar-refractivity contribution is 9.10. The summed E-state index contributed by atoms with van der Waals surface area (Å²) in [4.78, 5) is 6.01. The standard InChI is InChI=1S/C11H10BrF2N3O2S/c1-6(11-15-2-3-16-11)17-20(18,19)10-8(12)4-7(13)5-9(10)14/h2-6,17H,1H3,(H,15,16). The number of aromatic nitrogens is 2. The third kappa shape index (κ3) is 3.05. The van der Waals surface area contributed by atoms with Gasteiger partial charge in [-0.2, -0.15) is 0 Å². The number of halogens is 3. The van der Waals surface area contributed by atoms with Crippen LogP contribution in [0.4, 0.5) is 8.78 Å². The summed E-state index contributed by atoms with van der Waals surface area (Å²) in [5.74, 6) is -1.66. The Balaban J connectivity index is 2.37. The molecule has 1 aromatic heterocycles. The van der Waals surface area contributed by atoms with Crippen molar-refractivity contribution in [3.8, 4) is 0 Å². The molecule has 0 bridgehead atoms. The average Bonchev–Trinajstić information content (AvgIpc) is 2.78. The predicted octanol–water partition coefficient (Wildman–Crippen LogP) is 2.49. The monoisotopic (exact) mass is 365 g/mol. The van der Waals surface area contributed by atoms with E-state index in [1.54, 1.807) is 6.92 Å². The number of nitrogens with zero attached hydrogens (tertiary/aromatic N) is 1. The fourth-order valence-electron chi connectivity index (χ4n) is 1.65. The van der Waals surface area contributed by atoms with Crippen molar-refractivity contribution in [2.45, 2.75) is 17.9 Å². The van der Waals surface area contributed by atoms with E-state index in [0.29, 0.717) is 11.9 Å². The van der Waals surface area contributed by atoms with Gasteiger partial charge in [-0.1, -0.05) is 0 Å². The number of hydrogen-bond donors (Lipinski definition) is 2. The lowest BCUT2D eigenvalue weighted by Gasteiger charge is -2.13. The molecule has 2 N–H and O–H groups in total. The Kier molecular flexibility index (Phi) is 4.21. The summed E-state index contributed by atoms with van der Waals surface area (Å²) in [7, 11) is -4.16. The van der Waals surface area contributed by atoms with Gasteiger partial charge in [-0.05, 0) is 28.9 Å². The third-order valence-corrected chi connectivity index (χ3v) is 5.00. The number of H-pyrrole nitrogens is 1. The molecule has 9 heteroatoms. The van der Waals surface area contributed by atoms with E-state index in [-0.39, 0.29) is 4.47 Å². The first-order valence-corrected chi connectivity index (χ1v) is 7.75. The van der Waals surface area contributed by atoms with Crippen LogP contribution in [-0.2, 0) is 10.0 Å².